The minimum absolute atomic E-state index is 0.00208. The molecule has 0 fully saturated rings. The zero-order valence-electron chi connectivity index (χ0n) is 47.8. The van der Waals surface area contributed by atoms with Crippen LogP contribution in [0, 0.1) is 0 Å². The molecule has 0 saturated heterocycles. The number of nitrogens with one attached hydrogen (secondary N) is 2. The highest BCUT2D eigenvalue weighted by Gasteiger charge is 2.26. The Balaban J connectivity index is 0.000000150. The van der Waals surface area contributed by atoms with Gasteiger partial charge >= 0.3 is 17.9 Å². The fraction of sp³-hybridized carbons (Fsp3) is 0.0735. The van der Waals surface area contributed by atoms with Crippen molar-refractivity contribution < 1.29 is 58.3 Å². The Bertz CT molecular complexity index is 5090. The lowest BCUT2D eigenvalue weighted by Crippen LogP contribution is -2.34. The monoisotopic (exact) mass is 1270 g/mol. The van der Waals surface area contributed by atoms with Gasteiger partial charge in [0.25, 0.3) is 0 Å². The fourth-order valence-corrected chi connectivity index (χ4v) is 11.1. The second-order valence-electron chi connectivity index (χ2n) is 20.2. The van der Waals surface area contributed by atoms with E-state index in [0.29, 0.717) is 122 Å². The van der Waals surface area contributed by atoms with Crippen LogP contribution in [0.2, 0.25) is 0 Å². The number of thiocarbonyl (C=S) groups is 3. The summed E-state index contributed by atoms with van der Waals surface area (Å²) in [4.78, 5) is 78.0. The van der Waals surface area contributed by atoms with Gasteiger partial charge < -0.3 is 65.2 Å². The lowest BCUT2D eigenvalue weighted by atomic mass is 9.90. The molecule has 0 radical (unpaired) electrons. The molecule has 20 nitrogen and oxygen atoms in total. The van der Waals surface area contributed by atoms with Crippen LogP contribution >= 0.6 is 36.7 Å². The predicted octanol–water partition coefficient (Wildman–Crippen LogP) is 13.4. The van der Waals surface area contributed by atoms with Gasteiger partial charge in [0.15, 0.2) is 21.4 Å². The Morgan fingerprint density at radius 3 is 1.19 bits per heavy atom. The average molecular weight is 1270 g/mol. The summed E-state index contributed by atoms with van der Waals surface area (Å²) < 4.78 is 17.4. The summed E-state index contributed by atoms with van der Waals surface area (Å²) in [6.07, 6.45) is 0. The Hall–Kier alpha value is -11.5. The minimum atomic E-state index is -1.14. The molecule has 91 heavy (non-hydrogen) atoms. The van der Waals surface area contributed by atoms with E-state index in [1.807, 2.05) is 18.7 Å². The number of isothiocyanates is 1. The molecule has 12 rings (SSSR count). The molecule has 23 heteroatoms. The number of nitrogens with zero attached hydrogens (tertiary/aromatic N) is 2. The highest BCUT2D eigenvalue weighted by Crippen LogP contribution is 2.46. The van der Waals surface area contributed by atoms with Gasteiger partial charge in [-0.2, -0.15) is 4.99 Å². The number of rotatable bonds is 12. The van der Waals surface area contributed by atoms with Crippen LogP contribution in [0.3, 0.4) is 0 Å². The molecule has 0 spiro atoms. The van der Waals surface area contributed by atoms with E-state index < -0.39 is 17.9 Å². The van der Waals surface area contributed by atoms with E-state index in [1.165, 1.54) is 91.0 Å². The first kappa shape index (κ1) is 62.6. The molecule has 6 aromatic carbocycles. The van der Waals surface area contributed by atoms with Crippen molar-refractivity contribution in [3.8, 4) is 84.6 Å². The first-order valence-electron chi connectivity index (χ1n) is 27.5. The van der Waals surface area contributed by atoms with Gasteiger partial charge in [-0.25, -0.2) is 14.4 Å². The molecular weight excluding hydrogens is 1220 g/mol. The van der Waals surface area contributed by atoms with Crippen molar-refractivity contribution in [3.63, 3.8) is 0 Å². The highest BCUT2D eigenvalue weighted by molar-refractivity contribution is 7.80. The Morgan fingerprint density at radius 1 is 0.484 bits per heavy atom. The maximum atomic E-state index is 12.3. The quantitative estimate of drug-likeness (QED) is 0.0312. The van der Waals surface area contributed by atoms with Crippen molar-refractivity contribution in [2.45, 2.75) is 13.8 Å². The van der Waals surface area contributed by atoms with Crippen molar-refractivity contribution in [2.75, 3.05) is 30.3 Å². The average Bonchev–Trinajstić information content (AvgIpc) is 0.777. The third kappa shape index (κ3) is 13.2. The van der Waals surface area contributed by atoms with Gasteiger partial charge in [0.2, 0.25) is 0 Å². The number of benzene rings is 9. The molecule has 3 heterocycles. The summed E-state index contributed by atoms with van der Waals surface area (Å²) in [6, 6.07) is 41.3. The van der Waals surface area contributed by atoms with E-state index in [2.05, 4.69) is 33.0 Å². The number of carbonyl (C=O) groups is 3. The van der Waals surface area contributed by atoms with E-state index in [-0.39, 0.29) is 62.5 Å². The molecule has 0 bridgehead atoms. The number of nitrogens with two attached hydrogens (primary N) is 1. The van der Waals surface area contributed by atoms with E-state index in [0.717, 1.165) is 13.1 Å². The summed E-state index contributed by atoms with van der Waals surface area (Å²) >= 11 is 15.1. The Morgan fingerprint density at radius 2 is 0.835 bits per heavy atom. The van der Waals surface area contributed by atoms with Gasteiger partial charge in [-0.1, -0.05) is 30.4 Å². The van der Waals surface area contributed by atoms with E-state index in [9.17, 15) is 59.4 Å². The first-order valence-corrected chi connectivity index (χ1v) is 28.7. The second-order valence-corrected chi connectivity index (χ2v) is 21.2. The molecule has 6 aromatic rings. The van der Waals surface area contributed by atoms with Crippen molar-refractivity contribution in [3.05, 3.63) is 211 Å². The van der Waals surface area contributed by atoms with Gasteiger partial charge in [0.1, 0.15) is 51.3 Å². The van der Waals surface area contributed by atoms with Gasteiger partial charge in [-0.15, -0.1) is 0 Å². The summed E-state index contributed by atoms with van der Waals surface area (Å²) in [5.41, 5.74) is 12.1. The molecule has 0 aromatic heterocycles. The Labute approximate surface area is 530 Å². The summed E-state index contributed by atoms with van der Waals surface area (Å²) in [5, 5.41) is 69.8. The molecular formula is C68H49N5O15S3. The summed E-state index contributed by atoms with van der Waals surface area (Å²) in [7, 11) is 0. The number of carboxylic acids is 3. The third-order valence-electron chi connectivity index (χ3n) is 14.5. The van der Waals surface area contributed by atoms with Gasteiger partial charge in [-0.05, 0) is 164 Å². The normalized spacial score (nSPS) is 10.9. The van der Waals surface area contributed by atoms with Gasteiger partial charge in [-0.3, -0.25) is 14.4 Å². The number of phenolic OH excluding ortho intramolecular Hbond substituents is 3. The van der Waals surface area contributed by atoms with Crippen LogP contribution in [0.1, 0.15) is 44.9 Å². The topological polar surface area (TPSA) is 329 Å². The van der Waals surface area contributed by atoms with Crippen molar-refractivity contribution >= 4 is 120 Å². The lowest BCUT2D eigenvalue weighted by molar-refractivity contribution is 0.0687. The molecule has 3 aliphatic heterocycles. The van der Waals surface area contributed by atoms with E-state index >= 15 is 0 Å². The second kappa shape index (κ2) is 26.5. The van der Waals surface area contributed by atoms with Gasteiger partial charge in [0.05, 0.1) is 32.5 Å². The molecule has 3 aliphatic carbocycles. The van der Waals surface area contributed by atoms with Crippen LogP contribution in [0.4, 0.5) is 17.1 Å². The molecule has 6 aliphatic rings. The van der Waals surface area contributed by atoms with Crippen LogP contribution < -0.4 is 32.7 Å². The fourth-order valence-electron chi connectivity index (χ4n) is 10.5. The standard InChI is InChI=1S/C25H22N2O5S.C22H16N2O5S.C21H11NO5S/c1-3-27(4-2)25(33)26-14-5-8-17(20(11-14)24(30)31)23-18-9-6-15(28)12-21(18)32-22-13-16(29)7-10-19(22)23;23-10-20(30)24-11-1-4-14(17(7-11)22(27)28)21-15-5-2-12(25)8-18(15)29-19-9-13(26)3-6-16(19)21;23-12-2-5-15-18(8-12)27-19-9-13(24)3-6-16(19)20(15)14-4-1-11(22-10-28)7-17(14)21(25)26/h5-13,28H,3-4H2,1-2H3,(H,26,33)(H,30,31);1-9,25H,10,23H2,(H,24,30)(H,27,28);1-9,23H,(H,25,26). The van der Waals surface area contributed by atoms with Crippen LogP contribution in [0.5, 0.6) is 17.2 Å². The summed E-state index contributed by atoms with van der Waals surface area (Å²) in [5.74, 6) is -2.52. The maximum Gasteiger partial charge on any atom is 0.336 e. The number of aromatic hydroxyl groups is 3. The largest absolute Gasteiger partial charge is 0.508 e. The maximum absolute atomic E-state index is 12.3. The van der Waals surface area contributed by atoms with Crippen LogP contribution in [0.25, 0.3) is 100 Å². The molecule has 0 amide bonds. The van der Waals surface area contributed by atoms with Crippen LogP contribution in [0.15, 0.2) is 196 Å². The molecule has 10 N–H and O–H groups in total. The zero-order chi connectivity index (χ0) is 64.9. The number of aromatic carboxylic acids is 3. The smallest absolute Gasteiger partial charge is 0.336 e. The first-order chi connectivity index (χ1) is 43.7. The number of hydrogen-bond acceptors (Lipinski definition) is 17. The minimum Gasteiger partial charge on any atom is -0.508 e. The SMILES string of the molecule is CCN(CC)C(=S)Nc1ccc(-c2c3ccc(=O)cc-3oc3cc(O)ccc23)c(C(=O)O)c1.NCC(=S)Nc1ccc(-c2c3ccc(=O)cc-3oc3cc(O)ccc23)c(C(=O)O)c1.O=C(O)c1cc(N=C=S)ccc1-c1c2ccc(=O)cc-2oc2cc(O)ccc12. The number of aliphatic imine (C=N–C) groups is 1. The number of anilines is 2. The predicted molar refractivity (Wildman–Crippen MR) is 359 cm³/mol. The third-order valence-corrected chi connectivity index (χ3v) is 15.2. The molecule has 0 atom stereocenters. The van der Waals surface area contributed by atoms with Crippen molar-refractivity contribution in [2.24, 2.45) is 10.7 Å². The highest BCUT2D eigenvalue weighted by atomic mass is 32.1. The molecule has 454 valence electrons. The number of fused-ring (bicyclic) bond motifs is 6. The van der Waals surface area contributed by atoms with Crippen molar-refractivity contribution in [1.29, 1.82) is 0 Å². The number of hydrogen-bond donors (Lipinski definition) is 9. The number of carboxylic acid groups (broad SMARTS) is 3. The number of phenols is 3. The van der Waals surface area contributed by atoms with Crippen LogP contribution in [-0.2, 0) is 0 Å². The van der Waals surface area contributed by atoms with Crippen LogP contribution in [-0.4, -0.2) is 88.3 Å². The van der Waals surface area contributed by atoms with Crippen molar-refractivity contribution in [1.82, 2.24) is 4.90 Å². The van der Waals surface area contributed by atoms with E-state index in [1.54, 1.807) is 72.8 Å². The Kier molecular flexibility index (Phi) is 18.2. The summed E-state index contributed by atoms with van der Waals surface area (Å²) in [6.45, 7) is 5.57. The van der Waals surface area contributed by atoms with Gasteiger partial charge in [0, 0.05) is 117 Å². The molecule has 0 unspecified atom stereocenters. The lowest BCUT2D eigenvalue weighted by Gasteiger charge is -2.23. The molecule has 0 saturated carbocycles. The van der Waals surface area contributed by atoms with E-state index in [4.69, 9.17) is 43.4 Å². The zero-order valence-corrected chi connectivity index (χ0v) is 50.2.